The van der Waals surface area contributed by atoms with E-state index in [0.717, 1.165) is 12.9 Å². The van der Waals surface area contributed by atoms with Crippen LogP contribution in [0, 0.1) is 18.5 Å². The van der Waals surface area contributed by atoms with E-state index < -0.39 is 11.9 Å². The van der Waals surface area contributed by atoms with Crippen LogP contribution in [0.2, 0.25) is 0 Å². The van der Waals surface area contributed by atoms with Gasteiger partial charge in [0.15, 0.2) is 0 Å². The first kappa shape index (κ1) is 23.9. The molecule has 2 aromatic carbocycles. The van der Waals surface area contributed by atoms with E-state index in [9.17, 15) is 14.9 Å². The van der Waals surface area contributed by atoms with Gasteiger partial charge in [-0.15, -0.1) is 0 Å². The molecule has 0 aliphatic carbocycles. The highest BCUT2D eigenvalue weighted by Crippen LogP contribution is 2.30. The van der Waals surface area contributed by atoms with E-state index in [4.69, 9.17) is 9.47 Å². The average Bonchev–Trinajstić information content (AvgIpc) is 2.72. The van der Waals surface area contributed by atoms with Crippen molar-refractivity contribution in [2.75, 3.05) is 18.5 Å². The van der Waals surface area contributed by atoms with Crippen LogP contribution < -0.4 is 10.1 Å². The Morgan fingerprint density at radius 3 is 2.37 bits per heavy atom. The van der Waals surface area contributed by atoms with E-state index in [2.05, 4.69) is 57.1 Å². The number of nitrogens with zero attached hydrogens (tertiary/aromatic N) is 1. The normalized spacial score (nSPS) is 10.7. The molecular formula is C22H18I2N2O4. The predicted molar refractivity (Wildman–Crippen MR) is 132 cm³/mol. The number of nitriles is 1. The van der Waals surface area contributed by atoms with E-state index in [1.165, 1.54) is 6.08 Å². The molecule has 0 heterocycles. The molecule has 0 saturated heterocycles. The summed E-state index contributed by atoms with van der Waals surface area (Å²) in [5.74, 6) is -0.242. The van der Waals surface area contributed by atoms with Gasteiger partial charge in [0, 0.05) is 5.69 Å². The second-order valence-electron chi connectivity index (χ2n) is 5.84. The predicted octanol–water partition coefficient (Wildman–Crippen LogP) is 5.18. The molecule has 0 spiro atoms. The Balaban J connectivity index is 2.18. The van der Waals surface area contributed by atoms with Gasteiger partial charge in [-0.1, -0.05) is 12.7 Å². The van der Waals surface area contributed by atoms with Gasteiger partial charge in [0.2, 0.25) is 0 Å². The van der Waals surface area contributed by atoms with Gasteiger partial charge in [-0.05, 0) is 100 Å². The molecule has 0 unspecified atom stereocenters. The van der Waals surface area contributed by atoms with Crippen LogP contribution >= 0.6 is 45.2 Å². The largest absolute Gasteiger partial charge is 0.487 e. The number of carbonyl (C=O) groups excluding carboxylic acids is 2. The van der Waals surface area contributed by atoms with Crippen LogP contribution in [0.15, 0.2) is 54.6 Å². The van der Waals surface area contributed by atoms with Gasteiger partial charge in [-0.2, -0.15) is 5.26 Å². The fourth-order valence-electron chi connectivity index (χ4n) is 2.36. The topological polar surface area (TPSA) is 88.4 Å². The van der Waals surface area contributed by atoms with Crippen molar-refractivity contribution in [3.05, 3.63) is 72.9 Å². The summed E-state index contributed by atoms with van der Waals surface area (Å²) < 4.78 is 12.3. The summed E-state index contributed by atoms with van der Waals surface area (Å²) in [5, 5.41) is 12.1. The lowest BCUT2D eigenvalue weighted by atomic mass is 10.1. The molecule has 154 valence electrons. The molecule has 0 aromatic heterocycles. The van der Waals surface area contributed by atoms with Crippen LogP contribution in [-0.2, 0) is 9.53 Å². The number of nitrogens with one attached hydrogen (secondary N) is 1. The molecule has 0 aliphatic heterocycles. The van der Waals surface area contributed by atoms with E-state index >= 15 is 0 Å². The number of carbonyl (C=O) groups is 2. The lowest BCUT2D eigenvalue weighted by Crippen LogP contribution is -2.13. The minimum Gasteiger partial charge on any atom is -0.487 e. The van der Waals surface area contributed by atoms with Crippen LogP contribution in [0.3, 0.4) is 0 Å². The van der Waals surface area contributed by atoms with Crippen molar-refractivity contribution in [3.8, 4) is 11.8 Å². The number of anilines is 1. The first-order valence-electron chi connectivity index (χ1n) is 8.82. The maximum atomic E-state index is 12.5. The molecule has 30 heavy (non-hydrogen) atoms. The first-order valence-corrected chi connectivity index (χ1v) is 11.0. The summed E-state index contributed by atoms with van der Waals surface area (Å²) in [6, 6.07) is 11.9. The smallest absolute Gasteiger partial charge is 0.338 e. The Labute approximate surface area is 202 Å². The Hall–Kier alpha value is -2.39. The standard InChI is InChI=1S/C22H18I2N2O4/c1-3-9-30-20-18(23)11-14(12-19(20)24)10-16(13-25)21(27)26-17-7-5-15(6-8-17)22(28)29-4-2/h3,5-8,10-12H,1,4,9H2,2H3,(H,26,27)/b16-10+. The lowest BCUT2D eigenvalue weighted by Gasteiger charge is -2.10. The second-order valence-corrected chi connectivity index (χ2v) is 8.16. The number of hydrogen-bond acceptors (Lipinski definition) is 5. The minimum absolute atomic E-state index is 0.0455. The molecule has 0 aliphatic rings. The van der Waals surface area contributed by atoms with Gasteiger partial charge in [0.05, 0.1) is 19.3 Å². The van der Waals surface area contributed by atoms with Crippen LogP contribution in [0.4, 0.5) is 5.69 Å². The average molecular weight is 628 g/mol. The highest BCUT2D eigenvalue weighted by Gasteiger charge is 2.13. The Kier molecular flexibility index (Phi) is 9.32. The van der Waals surface area contributed by atoms with Gasteiger partial charge >= 0.3 is 5.97 Å². The number of rotatable bonds is 8. The van der Waals surface area contributed by atoms with Crippen molar-refractivity contribution in [2.45, 2.75) is 6.92 Å². The fourth-order valence-corrected chi connectivity index (χ4v) is 4.49. The van der Waals surface area contributed by atoms with Gasteiger partial charge in [-0.25, -0.2) is 4.79 Å². The SMILES string of the molecule is C=CCOc1c(I)cc(/C=C(\C#N)C(=O)Nc2ccc(C(=O)OCC)cc2)cc1I. The number of halogens is 2. The minimum atomic E-state index is -0.543. The number of ether oxygens (including phenoxy) is 2. The molecule has 2 rings (SSSR count). The zero-order valence-electron chi connectivity index (χ0n) is 16.1. The van der Waals surface area contributed by atoms with Crippen molar-refractivity contribution >= 4 is 68.8 Å². The van der Waals surface area contributed by atoms with E-state index in [-0.39, 0.29) is 12.2 Å². The van der Waals surface area contributed by atoms with Crippen molar-refractivity contribution in [1.82, 2.24) is 0 Å². The maximum Gasteiger partial charge on any atom is 0.338 e. The Morgan fingerprint density at radius 1 is 1.20 bits per heavy atom. The second kappa shape index (κ2) is 11.7. The van der Waals surface area contributed by atoms with Crippen molar-refractivity contribution in [1.29, 1.82) is 5.26 Å². The molecular weight excluding hydrogens is 610 g/mol. The summed E-state index contributed by atoms with van der Waals surface area (Å²) >= 11 is 4.29. The molecule has 0 atom stereocenters. The Bertz CT molecular complexity index is 1000. The van der Waals surface area contributed by atoms with E-state index in [0.29, 0.717) is 23.4 Å². The molecule has 0 fully saturated rings. The quantitative estimate of drug-likeness (QED) is 0.143. The molecule has 0 saturated carbocycles. The monoisotopic (exact) mass is 628 g/mol. The molecule has 0 bridgehead atoms. The lowest BCUT2D eigenvalue weighted by molar-refractivity contribution is -0.112. The van der Waals surface area contributed by atoms with E-state index in [1.54, 1.807) is 37.3 Å². The van der Waals surface area contributed by atoms with Gasteiger partial charge < -0.3 is 14.8 Å². The van der Waals surface area contributed by atoms with Gasteiger partial charge in [0.25, 0.3) is 5.91 Å². The number of hydrogen-bond donors (Lipinski definition) is 1. The Morgan fingerprint density at radius 2 is 1.83 bits per heavy atom. The van der Waals surface area contributed by atoms with Crippen LogP contribution in [0.5, 0.6) is 5.75 Å². The number of esters is 1. The molecule has 2 aromatic rings. The van der Waals surface area contributed by atoms with Gasteiger partial charge in [0.1, 0.15) is 24.0 Å². The molecule has 8 heteroatoms. The fraction of sp³-hybridized carbons (Fsp3) is 0.136. The summed E-state index contributed by atoms with van der Waals surface area (Å²) in [6.07, 6.45) is 3.18. The molecule has 6 nitrogen and oxygen atoms in total. The summed E-state index contributed by atoms with van der Waals surface area (Å²) in [5.41, 5.74) is 1.51. The maximum absolute atomic E-state index is 12.5. The van der Waals surface area contributed by atoms with Crippen molar-refractivity contribution < 1.29 is 19.1 Å². The third-order valence-corrected chi connectivity index (χ3v) is 5.30. The molecule has 0 radical (unpaired) electrons. The van der Waals surface area contributed by atoms with Crippen LogP contribution in [-0.4, -0.2) is 25.1 Å². The number of benzene rings is 2. The van der Waals surface area contributed by atoms with Gasteiger partial charge in [-0.3, -0.25) is 4.79 Å². The van der Waals surface area contributed by atoms with Crippen molar-refractivity contribution in [3.63, 3.8) is 0 Å². The zero-order chi connectivity index (χ0) is 22.1. The van der Waals surface area contributed by atoms with Crippen molar-refractivity contribution in [2.24, 2.45) is 0 Å². The highest BCUT2D eigenvalue weighted by atomic mass is 127. The summed E-state index contributed by atoms with van der Waals surface area (Å²) in [7, 11) is 0. The van der Waals surface area contributed by atoms with E-state index in [1.807, 2.05) is 18.2 Å². The zero-order valence-corrected chi connectivity index (χ0v) is 20.4. The first-order chi connectivity index (χ1) is 14.4. The van der Waals surface area contributed by atoms with Crippen LogP contribution in [0.25, 0.3) is 6.08 Å². The number of amides is 1. The highest BCUT2D eigenvalue weighted by molar-refractivity contribution is 14.1. The molecule has 1 N–H and O–H groups in total. The summed E-state index contributed by atoms with van der Waals surface area (Å²) in [6.45, 7) is 6.04. The third-order valence-electron chi connectivity index (χ3n) is 3.70. The molecule has 1 amide bonds. The third kappa shape index (κ3) is 6.56. The summed E-state index contributed by atoms with van der Waals surface area (Å²) in [4.78, 5) is 24.2. The van der Waals surface area contributed by atoms with Crippen LogP contribution in [0.1, 0.15) is 22.8 Å².